The normalized spacial score (nSPS) is 17.9. The van der Waals surface area contributed by atoms with Crippen molar-refractivity contribution in [3.05, 3.63) is 0 Å². The Bertz CT molecular complexity index is 164. The van der Waals surface area contributed by atoms with Crippen LogP contribution in [0.2, 0.25) is 0 Å². The van der Waals surface area contributed by atoms with Crippen molar-refractivity contribution in [1.29, 1.82) is 0 Å². The molecule has 1 unspecified atom stereocenters. The summed E-state index contributed by atoms with van der Waals surface area (Å²) < 4.78 is 15.9. The molecule has 2 N–H and O–H groups in total. The van der Waals surface area contributed by atoms with Gasteiger partial charge in [0.1, 0.15) is 0 Å². The molecule has 0 aliphatic rings. The van der Waals surface area contributed by atoms with Crippen LogP contribution in [0.4, 0.5) is 0 Å². The second-order valence-electron chi connectivity index (χ2n) is 3.24. The molecule has 0 spiro atoms. The Morgan fingerprint density at radius 2 is 2.00 bits per heavy atom. The van der Waals surface area contributed by atoms with Crippen LogP contribution in [0.15, 0.2) is 0 Å². The minimum atomic E-state index is -3.56. The van der Waals surface area contributed by atoms with E-state index in [0.29, 0.717) is 6.54 Å². The van der Waals surface area contributed by atoms with E-state index in [9.17, 15) is 4.57 Å². The molecule has 68 valence electrons. The van der Waals surface area contributed by atoms with Crippen molar-refractivity contribution >= 4 is 7.75 Å². The third-order valence-electron chi connectivity index (χ3n) is 0.756. The van der Waals surface area contributed by atoms with E-state index >= 15 is 0 Å². The van der Waals surface area contributed by atoms with Gasteiger partial charge in [0.05, 0.1) is 5.60 Å². The zero-order valence-electron chi connectivity index (χ0n) is 7.42. The lowest BCUT2D eigenvalue weighted by Crippen LogP contribution is -2.22. The molecule has 4 nitrogen and oxygen atoms in total. The Labute approximate surface area is 67.5 Å². The van der Waals surface area contributed by atoms with Crippen LogP contribution in [0.3, 0.4) is 0 Å². The quantitative estimate of drug-likeness (QED) is 0.648. The molecule has 1 atom stereocenters. The van der Waals surface area contributed by atoms with Crippen LogP contribution < -0.4 is 5.09 Å². The molecule has 0 radical (unpaired) electrons. The Morgan fingerprint density at radius 3 is 2.27 bits per heavy atom. The van der Waals surface area contributed by atoms with Gasteiger partial charge in [-0.1, -0.05) is 6.92 Å². The maximum absolute atomic E-state index is 11.1. The number of nitrogens with one attached hydrogen (secondary N) is 1. The largest absolute Gasteiger partial charge is 0.403 e. The fraction of sp³-hybridized carbons (Fsp3) is 1.00. The molecule has 0 heterocycles. The highest BCUT2D eigenvalue weighted by atomic mass is 31.2. The Kier molecular flexibility index (Phi) is 3.71. The molecule has 0 aliphatic heterocycles. The average molecular weight is 181 g/mol. The Hall–Kier alpha value is 0.110. The first-order valence-corrected chi connectivity index (χ1v) is 5.13. The predicted molar refractivity (Wildman–Crippen MR) is 44.3 cm³/mol. The van der Waals surface area contributed by atoms with Crippen LogP contribution in [0.1, 0.15) is 27.7 Å². The van der Waals surface area contributed by atoms with Crippen LogP contribution in [-0.2, 0) is 9.09 Å². The SMILES string of the molecule is CCNP(=O)(O)OC(C)(C)C. The van der Waals surface area contributed by atoms with Gasteiger partial charge in [-0.2, -0.15) is 0 Å². The molecule has 0 bridgehead atoms. The van der Waals surface area contributed by atoms with Gasteiger partial charge in [0.15, 0.2) is 0 Å². The van der Waals surface area contributed by atoms with Crippen molar-refractivity contribution in [2.24, 2.45) is 0 Å². The first kappa shape index (κ1) is 11.1. The Morgan fingerprint density at radius 1 is 1.55 bits per heavy atom. The number of rotatable bonds is 3. The summed E-state index contributed by atoms with van der Waals surface area (Å²) in [5.41, 5.74) is -0.591. The lowest BCUT2D eigenvalue weighted by molar-refractivity contribution is 0.107. The highest BCUT2D eigenvalue weighted by molar-refractivity contribution is 7.50. The highest BCUT2D eigenvalue weighted by Gasteiger charge is 2.25. The smallest absolute Gasteiger partial charge is 0.312 e. The first-order valence-electron chi connectivity index (χ1n) is 3.55. The van der Waals surface area contributed by atoms with Crippen LogP contribution in [0.25, 0.3) is 0 Å². The lowest BCUT2D eigenvalue weighted by Gasteiger charge is -2.23. The number of hydrogen-bond donors (Lipinski definition) is 2. The molecule has 0 aromatic heterocycles. The third-order valence-corrected chi connectivity index (χ3v) is 2.27. The highest BCUT2D eigenvalue weighted by Crippen LogP contribution is 2.41. The summed E-state index contributed by atoms with van der Waals surface area (Å²) >= 11 is 0. The monoisotopic (exact) mass is 181 g/mol. The van der Waals surface area contributed by atoms with Gasteiger partial charge >= 0.3 is 7.75 Å². The van der Waals surface area contributed by atoms with Gasteiger partial charge in [0, 0.05) is 6.54 Å². The van der Waals surface area contributed by atoms with Gasteiger partial charge in [0.2, 0.25) is 0 Å². The van der Waals surface area contributed by atoms with Gasteiger partial charge in [-0.15, -0.1) is 0 Å². The van der Waals surface area contributed by atoms with E-state index in [1.807, 2.05) is 0 Å². The minimum absolute atomic E-state index is 0.420. The van der Waals surface area contributed by atoms with Crippen molar-refractivity contribution < 1.29 is 14.0 Å². The topological polar surface area (TPSA) is 58.6 Å². The molecule has 0 aromatic carbocycles. The minimum Gasteiger partial charge on any atom is -0.312 e. The molecule has 0 rings (SSSR count). The average Bonchev–Trinajstić information content (AvgIpc) is 1.55. The van der Waals surface area contributed by atoms with Crippen molar-refractivity contribution in [2.75, 3.05) is 6.54 Å². The molecular weight excluding hydrogens is 165 g/mol. The first-order chi connectivity index (χ1) is 4.77. The molecule has 0 aromatic rings. The third kappa shape index (κ3) is 6.51. The van der Waals surface area contributed by atoms with E-state index in [1.165, 1.54) is 0 Å². The van der Waals surface area contributed by atoms with Crippen LogP contribution in [-0.4, -0.2) is 17.0 Å². The standard InChI is InChI=1S/C6H16NO3P/c1-5-7-11(8,9)10-6(2,3)4/h5H2,1-4H3,(H2,7,8,9). The van der Waals surface area contributed by atoms with Crippen LogP contribution >= 0.6 is 7.75 Å². The second-order valence-corrected chi connectivity index (χ2v) is 4.78. The summed E-state index contributed by atoms with van der Waals surface area (Å²) in [4.78, 5) is 9.07. The molecule has 0 saturated carbocycles. The maximum Gasteiger partial charge on any atom is 0.403 e. The van der Waals surface area contributed by atoms with Crippen molar-refractivity contribution in [3.63, 3.8) is 0 Å². The van der Waals surface area contributed by atoms with Gasteiger partial charge in [0.25, 0.3) is 0 Å². The molecule has 11 heavy (non-hydrogen) atoms. The van der Waals surface area contributed by atoms with Gasteiger partial charge in [-0.25, -0.2) is 9.65 Å². The molecule has 0 fully saturated rings. The fourth-order valence-electron chi connectivity index (χ4n) is 0.603. The summed E-state index contributed by atoms with van der Waals surface area (Å²) in [6.07, 6.45) is 0. The maximum atomic E-state index is 11.1. The van der Waals surface area contributed by atoms with E-state index < -0.39 is 13.3 Å². The van der Waals surface area contributed by atoms with E-state index in [2.05, 4.69) is 5.09 Å². The van der Waals surface area contributed by atoms with Gasteiger partial charge in [-0.05, 0) is 20.8 Å². The Balaban J connectivity index is 4.03. The van der Waals surface area contributed by atoms with Crippen LogP contribution in [0.5, 0.6) is 0 Å². The van der Waals surface area contributed by atoms with E-state index in [-0.39, 0.29) is 0 Å². The van der Waals surface area contributed by atoms with Crippen molar-refractivity contribution in [3.8, 4) is 0 Å². The zero-order valence-corrected chi connectivity index (χ0v) is 8.31. The molecule has 5 heteroatoms. The summed E-state index contributed by atoms with van der Waals surface area (Å²) in [6, 6.07) is 0. The van der Waals surface area contributed by atoms with E-state index in [0.717, 1.165) is 0 Å². The summed E-state index contributed by atoms with van der Waals surface area (Å²) in [6.45, 7) is 7.35. The van der Waals surface area contributed by atoms with Crippen molar-refractivity contribution in [1.82, 2.24) is 5.09 Å². The van der Waals surface area contributed by atoms with Gasteiger partial charge in [-0.3, -0.25) is 4.52 Å². The molecule has 0 aliphatic carbocycles. The van der Waals surface area contributed by atoms with Gasteiger partial charge < -0.3 is 4.89 Å². The van der Waals surface area contributed by atoms with Crippen molar-refractivity contribution in [2.45, 2.75) is 33.3 Å². The summed E-state index contributed by atoms with van der Waals surface area (Å²) in [5, 5.41) is 2.37. The lowest BCUT2D eigenvalue weighted by atomic mass is 10.2. The molecule has 0 saturated heterocycles. The molecular formula is C6H16NO3P. The second kappa shape index (κ2) is 3.68. The number of hydrogen-bond acceptors (Lipinski definition) is 2. The predicted octanol–water partition coefficient (Wildman–Crippen LogP) is 1.51. The van der Waals surface area contributed by atoms with Crippen LogP contribution in [0, 0.1) is 0 Å². The summed E-state index contributed by atoms with van der Waals surface area (Å²) in [5.74, 6) is 0. The fourth-order valence-corrected chi connectivity index (χ4v) is 1.81. The zero-order chi connectivity index (χ0) is 9.12. The van der Waals surface area contributed by atoms with E-state index in [1.54, 1.807) is 27.7 Å². The van der Waals surface area contributed by atoms with E-state index in [4.69, 9.17) is 9.42 Å². The molecule has 0 amide bonds. The summed E-state index contributed by atoms with van der Waals surface area (Å²) in [7, 11) is -3.56.